The fourth-order valence-corrected chi connectivity index (χ4v) is 2.51. The zero-order valence-corrected chi connectivity index (χ0v) is 15.7. The number of nitrogens with one attached hydrogen (secondary N) is 1. The lowest BCUT2D eigenvalue weighted by atomic mass is 10.1. The molecule has 0 aliphatic heterocycles. The van der Waals surface area contributed by atoms with Crippen molar-refractivity contribution in [2.75, 3.05) is 13.2 Å². The molecule has 4 nitrogen and oxygen atoms in total. The van der Waals surface area contributed by atoms with E-state index in [2.05, 4.69) is 5.32 Å². The van der Waals surface area contributed by atoms with Crippen molar-refractivity contribution in [3.63, 3.8) is 0 Å². The van der Waals surface area contributed by atoms with E-state index in [4.69, 9.17) is 21.1 Å². The second-order valence-electron chi connectivity index (χ2n) is 6.08. The van der Waals surface area contributed by atoms with Crippen LogP contribution in [0.1, 0.15) is 25.8 Å². The van der Waals surface area contributed by atoms with E-state index in [0.717, 1.165) is 17.7 Å². The van der Waals surface area contributed by atoms with Crippen LogP contribution >= 0.6 is 11.6 Å². The van der Waals surface area contributed by atoms with Gasteiger partial charge in [0.1, 0.15) is 17.3 Å². The van der Waals surface area contributed by atoms with Crippen LogP contribution in [0.5, 0.6) is 11.5 Å². The second kappa shape index (κ2) is 10.0. The van der Waals surface area contributed by atoms with Crippen molar-refractivity contribution in [2.24, 2.45) is 0 Å². The number of hydrogen-bond acceptors (Lipinski definition) is 3. The molecule has 0 fully saturated rings. The summed E-state index contributed by atoms with van der Waals surface area (Å²) in [4.78, 5) is 11.8. The first kappa shape index (κ1) is 20.0. The Morgan fingerprint density at radius 2 is 1.92 bits per heavy atom. The van der Waals surface area contributed by atoms with Gasteiger partial charge in [-0.15, -0.1) is 0 Å². The van der Waals surface area contributed by atoms with Gasteiger partial charge in [-0.25, -0.2) is 4.39 Å². The van der Waals surface area contributed by atoms with Crippen LogP contribution in [-0.4, -0.2) is 25.2 Å². The summed E-state index contributed by atoms with van der Waals surface area (Å²) in [6.45, 7) is 4.69. The minimum Gasteiger partial charge on any atom is -0.491 e. The number of carbonyl (C=O) groups is 1. The monoisotopic (exact) mass is 379 g/mol. The van der Waals surface area contributed by atoms with Crippen molar-refractivity contribution < 1.29 is 18.7 Å². The molecule has 0 spiro atoms. The van der Waals surface area contributed by atoms with Gasteiger partial charge in [0, 0.05) is 6.54 Å². The van der Waals surface area contributed by atoms with E-state index >= 15 is 0 Å². The molecule has 1 N–H and O–H groups in total. The summed E-state index contributed by atoms with van der Waals surface area (Å²) in [6, 6.07) is 11.7. The normalized spacial score (nSPS) is 10.7. The number of ether oxygens (including phenoxy) is 2. The van der Waals surface area contributed by atoms with Crippen LogP contribution in [0.4, 0.5) is 4.39 Å². The van der Waals surface area contributed by atoms with E-state index in [1.807, 2.05) is 38.1 Å². The molecular weight excluding hydrogens is 357 g/mol. The van der Waals surface area contributed by atoms with Gasteiger partial charge in [-0.2, -0.15) is 0 Å². The summed E-state index contributed by atoms with van der Waals surface area (Å²) in [5, 5.41) is 3.03. The van der Waals surface area contributed by atoms with E-state index in [-0.39, 0.29) is 30.1 Å². The maximum Gasteiger partial charge on any atom is 0.223 e. The van der Waals surface area contributed by atoms with Crippen molar-refractivity contribution in [3.05, 3.63) is 58.9 Å². The first-order valence-corrected chi connectivity index (χ1v) is 8.92. The van der Waals surface area contributed by atoms with Gasteiger partial charge in [0.25, 0.3) is 0 Å². The third-order valence-electron chi connectivity index (χ3n) is 3.51. The largest absolute Gasteiger partial charge is 0.491 e. The van der Waals surface area contributed by atoms with Gasteiger partial charge in [0.2, 0.25) is 5.91 Å². The van der Waals surface area contributed by atoms with Crippen LogP contribution in [0.2, 0.25) is 5.02 Å². The van der Waals surface area contributed by atoms with Crippen molar-refractivity contribution in [1.82, 2.24) is 5.32 Å². The summed E-state index contributed by atoms with van der Waals surface area (Å²) in [5.41, 5.74) is 1.12. The van der Waals surface area contributed by atoms with Gasteiger partial charge in [0.05, 0.1) is 24.2 Å². The van der Waals surface area contributed by atoms with Crippen LogP contribution in [-0.2, 0) is 11.2 Å². The number of amides is 1. The molecule has 0 saturated carbocycles. The Balaban J connectivity index is 1.65. The van der Waals surface area contributed by atoms with Gasteiger partial charge in [-0.3, -0.25) is 4.79 Å². The number of rotatable bonds is 9. The molecule has 0 atom stereocenters. The highest BCUT2D eigenvalue weighted by Gasteiger charge is 2.06. The zero-order chi connectivity index (χ0) is 18.9. The SMILES string of the molecule is CC(C)Oc1ccc(CCNC(=O)CCOc2ccc(F)cc2Cl)cc1. The fraction of sp³-hybridized carbons (Fsp3) is 0.350. The first-order valence-electron chi connectivity index (χ1n) is 8.54. The third kappa shape index (κ3) is 6.92. The highest BCUT2D eigenvalue weighted by molar-refractivity contribution is 6.32. The molecule has 0 unspecified atom stereocenters. The Bertz CT molecular complexity index is 719. The molecule has 2 aromatic rings. The standard InChI is InChI=1S/C20H23ClFNO3/c1-14(2)26-17-6-3-15(4-7-17)9-11-23-20(24)10-12-25-19-8-5-16(22)13-18(19)21/h3-8,13-14H,9-12H2,1-2H3,(H,23,24). The van der Waals surface area contributed by atoms with Crippen LogP contribution in [0.25, 0.3) is 0 Å². The minimum atomic E-state index is -0.427. The molecule has 2 rings (SSSR count). The second-order valence-corrected chi connectivity index (χ2v) is 6.49. The van der Waals surface area contributed by atoms with E-state index in [1.165, 1.54) is 18.2 Å². The van der Waals surface area contributed by atoms with Gasteiger partial charge in [-0.05, 0) is 56.2 Å². The van der Waals surface area contributed by atoms with Crippen LogP contribution in [0.15, 0.2) is 42.5 Å². The molecular formula is C20H23ClFNO3. The lowest BCUT2D eigenvalue weighted by Crippen LogP contribution is -2.27. The molecule has 1 amide bonds. The number of benzene rings is 2. The Hall–Kier alpha value is -2.27. The summed E-state index contributed by atoms with van der Waals surface area (Å²) in [6.07, 6.45) is 1.08. The van der Waals surface area contributed by atoms with Crippen LogP contribution < -0.4 is 14.8 Å². The average Bonchev–Trinajstić information content (AvgIpc) is 2.58. The maximum absolute atomic E-state index is 12.9. The topological polar surface area (TPSA) is 47.6 Å². The van der Waals surface area contributed by atoms with E-state index in [0.29, 0.717) is 12.3 Å². The van der Waals surface area contributed by atoms with E-state index in [9.17, 15) is 9.18 Å². The molecule has 0 saturated heterocycles. The average molecular weight is 380 g/mol. The molecule has 140 valence electrons. The Kier molecular flexibility index (Phi) is 7.73. The Labute approximate surface area is 158 Å². The highest BCUT2D eigenvalue weighted by Crippen LogP contribution is 2.24. The van der Waals surface area contributed by atoms with Crippen molar-refractivity contribution >= 4 is 17.5 Å². The quantitative estimate of drug-likeness (QED) is 0.702. The molecule has 0 heterocycles. The summed E-state index contributed by atoms with van der Waals surface area (Å²) < 4.78 is 23.9. The lowest BCUT2D eigenvalue weighted by molar-refractivity contribution is -0.121. The van der Waals surface area contributed by atoms with Crippen molar-refractivity contribution in [1.29, 1.82) is 0 Å². The smallest absolute Gasteiger partial charge is 0.223 e. The van der Waals surface area contributed by atoms with Crippen molar-refractivity contribution in [3.8, 4) is 11.5 Å². The van der Waals surface area contributed by atoms with Gasteiger partial charge >= 0.3 is 0 Å². The van der Waals surface area contributed by atoms with Gasteiger partial charge in [0.15, 0.2) is 0 Å². The molecule has 0 aromatic heterocycles. The van der Waals surface area contributed by atoms with Gasteiger partial charge < -0.3 is 14.8 Å². The number of halogens is 2. The maximum atomic E-state index is 12.9. The molecule has 0 bridgehead atoms. The molecule has 0 aliphatic rings. The summed E-state index contributed by atoms with van der Waals surface area (Å²) in [7, 11) is 0. The molecule has 2 aromatic carbocycles. The predicted molar refractivity (Wildman–Crippen MR) is 100 cm³/mol. The zero-order valence-electron chi connectivity index (χ0n) is 14.9. The van der Waals surface area contributed by atoms with E-state index < -0.39 is 5.82 Å². The third-order valence-corrected chi connectivity index (χ3v) is 3.81. The summed E-state index contributed by atoms with van der Waals surface area (Å²) >= 11 is 5.86. The first-order chi connectivity index (χ1) is 12.4. The molecule has 26 heavy (non-hydrogen) atoms. The Morgan fingerprint density at radius 1 is 1.19 bits per heavy atom. The Morgan fingerprint density at radius 3 is 2.58 bits per heavy atom. The summed E-state index contributed by atoms with van der Waals surface area (Å²) in [5.74, 6) is 0.667. The van der Waals surface area contributed by atoms with Crippen LogP contribution in [0, 0.1) is 5.82 Å². The molecule has 0 aliphatic carbocycles. The molecule has 0 radical (unpaired) electrons. The fourth-order valence-electron chi connectivity index (χ4n) is 2.29. The van der Waals surface area contributed by atoms with Crippen molar-refractivity contribution in [2.45, 2.75) is 32.8 Å². The number of hydrogen-bond donors (Lipinski definition) is 1. The predicted octanol–water partition coefficient (Wildman–Crippen LogP) is 4.39. The number of carbonyl (C=O) groups excluding carboxylic acids is 1. The van der Waals surface area contributed by atoms with Gasteiger partial charge in [-0.1, -0.05) is 23.7 Å². The van der Waals surface area contributed by atoms with E-state index in [1.54, 1.807) is 0 Å². The van der Waals surface area contributed by atoms with Crippen LogP contribution in [0.3, 0.4) is 0 Å². The lowest BCUT2D eigenvalue weighted by Gasteiger charge is -2.10. The minimum absolute atomic E-state index is 0.108. The molecule has 6 heteroatoms. The highest BCUT2D eigenvalue weighted by atomic mass is 35.5.